The van der Waals surface area contributed by atoms with E-state index in [1.165, 1.54) is 6.07 Å². The van der Waals surface area contributed by atoms with E-state index in [0.717, 1.165) is 22.3 Å². The molecule has 0 spiro atoms. The molecule has 0 saturated carbocycles. The third kappa shape index (κ3) is 2.43. The van der Waals surface area contributed by atoms with Gasteiger partial charge in [-0.05, 0) is 34.6 Å². The third-order valence-electron chi connectivity index (χ3n) is 2.75. The van der Waals surface area contributed by atoms with E-state index < -0.39 is 0 Å². The van der Waals surface area contributed by atoms with Crippen LogP contribution in [-0.4, -0.2) is 13.7 Å². The number of hydrogen-bond acceptors (Lipinski definition) is 3. The van der Waals surface area contributed by atoms with Crippen LogP contribution in [0.4, 0.5) is 4.39 Å². The Morgan fingerprint density at radius 2 is 2.22 bits per heavy atom. The van der Waals surface area contributed by atoms with Gasteiger partial charge in [-0.25, -0.2) is 4.39 Å². The fourth-order valence-corrected chi connectivity index (χ4v) is 2.33. The zero-order valence-electron chi connectivity index (χ0n) is 10.3. The first-order chi connectivity index (χ1) is 8.69. The molecular formula is C13H15BrFNO2. The van der Waals surface area contributed by atoms with Crippen molar-refractivity contribution in [1.29, 1.82) is 0 Å². The van der Waals surface area contributed by atoms with Gasteiger partial charge in [0.25, 0.3) is 0 Å². The highest BCUT2D eigenvalue weighted by atomic mass is 79.9. The maximum Gasteiger partial charge on any atom is 0.151 e. The predicted molar refractivity (Wildman–Crippen MR) is 72.0 cm³/mol. The average molecular weight is 316 g/mol. The molecule has 1 heterocycles. The normalized spacial score (nSPS) is 11.3. The van der Waals surface area contributed by atoms with E-state index in [0.29, 0.717) is 24.1 Å². The summed E-state index contributed by atoms with van der Waals surface area (Å²) in [5.74, 6) is 0.436. The maximum absolute atomic E-state index is 13.9. The van der Waals surface area contributed by atoms with Gasteiger partial charge in [-0.3, -0.25) is 0 Å². The quantitative estimate of drug-likeness (QED) is 0.915. The van der Waals surface area contributed by atoms with Crippen LogP contribution >= 0.6 is 15.9 Å². The number of halogens is 2. The summed E-state index contributed by atoms with van der Waals surface area (Å²) in [5.41, 5.74) is 1.31. The predicted octanol–water partition coefficient (Wildman–Crippen LogP) is 3.59. The molecule has 1 N–H and O–H groups in total. The SMILES string of the molecule is CCNCc1oc2c(Br)ccc(F)c2c1COC. The van der Waals surface area contributed by atoms with Crippen LogP contribution in [0.3, 0.4) is 0 Å². The van der Waals surface area contributed by atoms with Crippen molar-refractivity contribution in [1.82, 2.24) is 5.32 Å². The van der Waals surface area contributed by atoms with Gasteiger partial charge in [-0.2, -0.15) is 0 Å². The molecule has 0 amide bonds. The van der Waals surface area contributed by atoms with Crippen LogP contribution in [0.5, 0.6) is 0 Å². The lowest BCUT2D eigenvalue weighted by Crippen LogP contribution is -2.12. The minimum absolute atomic E-state index is 0.285. The minimum Gasteiger partial charge on any atom is -0.458 e. The third-order valence-corrected chi connectivity index (χ3v) is 3.37. The van der Waals surface area contributed by atoms with Gasteiger partial charge in [0.15, 0.2) is 5.58 Å². The molecule has 0 saturated heterocycles. The lowest BCUT2D eigenvalue weighted by atomic mass is 10.1. The Hall–Kier alpha value is -0.910. The first kappa shape index (κ1) is 13.5. The Kier molecular flexibility index (Phi) is 4.37. The van der Waals surface area contributed by atoms with Crippen LogP contribution in [0, 0.1) is 5.82 Å². The highest BCUT2D eigenvalue weighted by Crippen LogP contribution is 2.33. The lowest BCUT2D eigenvalue weighted by molar-refractivity contribution is 0.183. The van der Waals surface area contributed by atoms with Gasteiger partial charge in [0.2, 0.25) is 0 Å². The van der Waals surface area contributed by atoms with Gasteiger partial charge >= 0.3 is 0 Å². The van der Waals surface area contributed by atoms with Gasteiger partial charge in [0.05, 0.1) is 23.0 Å². The summed E-state index contributed by atoms with van der Waals surface area (Å²) < 4.78 is 25.6. The van der Waals surface area contributed by atoms with Crippen LogP contribution in [-0.2, 0) is 17.9 Å². The van der Waals surface area contributed by atoms with E-state index in [-0.39, 0.29) is 5.82 Å². The van der Waals surface area contributed by atoms with Gasteiger partial charge in [0, 0.05) is 12.7 Å². The molecule has 0 aliphatic rings. The van der Waals surface area contributed by atoms with Gasteiger partial charge in [-0.1, -0.05) is 6.92 Å². The van der Waals surface area contributed by atoms with E-state index in [1.807, 2.05) is 6.92 Å². The van der Waals surface area contributed by atoms with Crippen molar-refractivity contribution < 1.29 is 13.5 Å². The Labute approximate surface area is 113 Å². The van der Waals surface area contributed by atoms with Gasteiger partial charge < -0.3 is 14.5 Å². The topological polar surface area (TPSA) is 34.4 Å². The second-order valence-corrected chi connectivity index (χ2v) is 4.80. The largest absolute Gasteiger partial charge is 0.458 e. The molecule has 2 aromatic rings. The van der Waals surface area contributed by atoms with Crippen molar-refractivity contribution in [3.8, 4) is 0 Å². The van der Waals surface area contributed by atoms with Crippen molar-refractivity contribution in [2.75, 3.05) is 13.7 Å². The van der Waals surface area contributed by atoms with E-state index in [9.17, 15) is 4.39 Å². The standard InChI is InChI=1S/C13H15BrFNO2/c1-3-16-6-11-8(7-17-2)12-10(15)5-4-9(14)13(12)18-11/h4-5,16H,3,6-7H2,1-2H3. The number of furan rings is 1. The van der Waals surface area contributed by atoms with E-state index in [4.69, 9.17) is 9.15 Å². The fraction of sp³-hybridized carbons (Fsp3) is 0.385. The summed E-state index contributed by atoms with van der Waals surface area (Å²) in [6, 6.07) is 3.08. The molecule has 1 aromatic carbocycles. The molecule has 0 atom stereocenters. The van der Waals surface area contributed by atoms with Crippen molar-refractivity contribution in [2.24, 2.45) is 0 Å². The Balaban J connectivity index is 2.59. The van der Waals surface area contributed by atoms with Gasteiger partial charge in [0.1, 0.15) is 11.6 Å². The minimum atomic E-state index is -0.285. The number of methoxy groups -OCH3 is 1. The Morgan fingerprint density at radius 1 is 1.44 bits per heavy atom. The summed E-state index contributed by atoms with van der Waals surface area (Å²) in [6.07, 6.45) is 0. The number of ether oxygens (including phenoxy) is 1. The molecular weight excluding hydrogens is 301 g/mol. The van der Waals surface area contributed by atoms with Crippen LogP contribution in [0.25, 0.3) is 11.0 Å². The first-order valence-corrected chi connectivity index (χ1v) is 6.56. The molecule has 1 aromatic heterocycles. The van der Waals surface area contributed by atoms with Crippen molar-refractivity contribution >= 4 is 26.9 Å². The van der Waals surface area contributed by atoms with Crippen LogP contribution < -0.4 is 5.32 Å². The molecule has 98 valence electrons. The summed E-state index contributed by atoms with van der Waals surface area (Å²) in [7, 11) is 1.59. The second-order valence-electron chi connectivity index (χ2n) is 3.95. The monoisotopic (exact) mass is 315 g/mol. The molecule has 0 fully saturated rings. The lowest BCUT2D eigenvalue weighted by Gasteiger charge is -2.02. The molecule has 2 rings (SSSR count). The van der Waals surface area contributed by atoms with Crippen LogP contribution in [0.15, 0.2) is 21.0 Å². The number of rotatable bonds is 5. The molecule has 0 aliphatic carbocycles. The molecule has 0 aliphatic heterocycles. The van der Waals surface area contributed by atoms with Crippen molar-refractivity contribution in [2.45, 2.75) is 20.1 Å². The maximum atomic E-state index is 13.9. The molecule has 3 nitrogen and oxygen atoms in total. The summed E-state index contributed by atoms with van der Waals surface area (Å²) in [4.78, 5) is 0. The highest BCUT2D eigenvalue weighted by Gasteiger charge is 2.19. The van der Waals surface area contributed by atoms with E-state index in [2.05, 4.69) is 21.2 Å². The number of fused-ring (bicyclic) bond motifs is 1. The highest BCUT2D eigenvalue weighted by molar-refractivity contribution is 9.10. The summed E-state index contributed by atoms with van der Waals surface area (Å²) in [6.45, 7) is 3.74. The molecule has 0 radical (unpaired) electrons. The smallest absolute Gasteiger partial charge is 0.151 e. The summed E-state index contributed by atoms with van der Waals surface area (Å²) in [5, 5.41) is 3.68. The number of benzene rings is 1. The summed E-state index contributed by atoms with van der Waals surface area (Å²) >= 11 is 3.38. The number of hydrogen-bond donors (Lipinski definition) is 1. The van der Waals surface area contributed by atoms with Crippen LogP contribution in [0.1, 0.15) is 18.2 Å². The second kappa shape index (κ2) is 5.82. The van der Waals surface area contributed by atoms with E-state index in [1.54, 1.807) is 13.2 Å². The Morgan fingerprint density at radius 3 is 2.89 bits per heavy atom. The Bertz CT molecular complexity index is 553. The average Bonchev–Trinajstić information content (AvgIpc) is 2.72. The molecule has 5 heteroatoms. The van der Waals surface area contributed by atoms with Crippen molar-refractivity contribution in [3.63, 3.8) is 0 Å². The molecule has 0 bridgehead atoms. The van der Waals surface area contributed by atoms with Crippen molar-refractivity contribution in [3.05, 3.63) is 33.7 Å². The first-order valence-electron chi connectivity index (χ1n) is 5.77. The number of nitrogens with one attached hydrogen (secondary N) is 1. The molecule has 0 unspecified atom stereocenters. The van der Waals surface area contributed by atoms with Gasteiger partial charge in [-0.15, -0.1) is 0 Å². The molecule has 18 heavy (non-hydrogen) atoms. The zero-order valence-corrected chi connectivity index (χ0v) is 11.9. The van der Waals surface area contributed by atoms with E-state index >= 15 is 0 Å². The fourth-order valence-electron chi connectivity index (χ4n) is 1.92. The zero-order chi connectivity index (χ0) is 13.1. The van der Waals surface area contributed by atoms with Crippen LogP contribution in [0.2, 0.25) is 0 Å².